The van der Waals surface area contributed by atoms with Gasteiger partial charge in [0.1, 0.15) is 5.75 Å². The summed E-state index contributed by atoms with van der Waals surface area (Å²) in [4.78, 5) is 2.06. The van der Waals surface area contributed by atoms with Crippen molar-refractivity contribution in [2.24, 2.45) is 0 Å². The Labute approximate surface area is 123 Å². The van der Waals surface area contributed by atoms with Crippen molar-refractivity contribution in [2.75, 3.05) is 11.9 Å². The lowest BCUT2D eigenvalue weighted by Gasteiger charge is -2.22. The smallest absolute Gasteiger partial charge is 0.116 e. The van der Waals surface area contributed by atoms with E-state index in [1.54, 1.807) is 18.2 Å². The third-order valence-electron chi connectivity index (χ3n) is 3.02. The molecule has 0 atom stereocenters. The van der Waals surface area contributed by atoms with Crippen LogP contribution in [0, 0.1) is 6.92 Å². The van der Waals surface area contributed by atoms with Crippen LogP contribution < -0.4 is 4.90 Å². The van der Waals surface area contributed by atoms with Crippen LogP contribution in [0.1, 0.15) is 11.1 Å². The number of halogens is 2. The molecule has 2 nitrogen and oxygen atoms in total. The molecule has 0 bridgehead atoms. The largest absolute Gasteiger partial charge is 0.508 e. The van der Waals surface area contributed by atoms with E-state index in [1.165, 1.54) is 0 Å². The summed E-state index contributed by atoms with van der Waals surface area (Å²) in [6.07, 6.45) is 0. The van der Waals surface area contributed by atoms with Gasteiger partial charge in [0.25, 0.3) is 0 Å². The van der Waals surface area contributed by atoms with Gasteiger partial charge in [-0.05, 0) is 48.4 Å². The Kier molecular flexibility index (Phi) is 4.23. The van der Waals surface area contributed by atoms with Gasteiger partial charge in [-0.25, -0.2) is 0 Å². The SMILES string of the molecule is Cc1ccc(Cl)cc1N(C)Cc1cc(O)ccc1Cl. The maximum atomic E-state index is 9.52. The minimum Gasteiger partial charge on any atom is -0.508 e. The third kappa shape index (κ3) is 3.34. The number of hydrogen-bond acceptors (Lipinski definition) is 2. The highest BCUT2D eigenvalue weighted by Gasteiger charge is 2.09. The highest BCUT2D eigenvalue weighted by molar-refractivity contribution is 6.31. The van der Waals surface area contributed by atoms with Crippen LogP contribution in [0.4, 0.5) is 5.69 Å². The monoisotopic (exact) mass is 295 g/mol. The van der Waals surface area contributed by atoms with E-state index in [4.69, 9.17) is 23.2 Å². The van der Waals surface area contributed by atoms with Gasteiger partial charge in [-0.2, -0.15) is 0 Å². The van der Waals surface area contributed by atoms with Crippen molar-refractivity contribution in [3.63, 3.8) is 0 Å². The highest BCUT2D eigenvalue weighted by Crippen LogP contribution is 2.27. The topological polar surface area (TPSA) is 23.5 Å². The Morgan fingerprint density at radius 3 is 2.58 bits per heavy atom. The second-order valence-electron chi connectivity index (χ2n) is 4.56. The van der Waals surface area contributed by atoms with Crippen molar-refractivity contribution in [2.45, 2.75) is 13.5 Å². The molecule has 1 N–H and O–H groups in total. The molecule has 0 fully saturated rings. The second kappa shape index (κ2) is 5.72. The van der Waals surface area contributed by atoms with Crippen LogP contribution in [0.3, 0.4) is 0 Å². The Morgan fingerprint density at radius 2 is 1.84 bits per heavy atom. The van der Waals surface area contributed by atoms with Crippen LogP contribution >= 0.6 is 23.2 Å². The number of rotatable bonds is 3. The number of phenols is 1. The predicted molar refractivity (Wildman–Crippen MR) is 81.4 cm³/mol. The number of nitrogens with zero attached hydrogens (tertiary/aromatic N) is 1. The molecular weight excluding hydrogens is 281 g/mol. The number of benzene rings is 2. The molecule has 0 radical (unpaired) electrons. The molecular formula is C15H15Cl2NO. The molecule has 0 aliphatic rings. The maximum absolute atomic E-state index is 9.52. The molecule has 2 aromatic rings. The first-order valence-electron chi connectivity index (χ1n) is 5.92. The van der Waals surface area contributed by atoms with Crippen LogP contribution in [0.2, 0.25) is 10.0 Å². The van der Waals surface area contributed by atoms with Crippen molar-refractivity contribution < 1.29 is 5.11 Å². The van der Waals surface area contributed by atoms with Crippen molar-refractivity contribution in [1.29, 1.82) is 0 Å². The second-order valence-corrected chi connectivity index (χ2v) is 5.41. The lowest BCUT2D eigenvalue weighted by molar-refractivity contribution is 0.474. The summed E-state index contributed by atoms with van der Waals surface area (Å²) in [5, 5.41) is 10.9. The van der Waals surface area contributed by atoms with Gasteiger partial charge >= 0.3 is 0 Å². The van der Waals surface area contributed by atoms with Gasteiger partial charge in [0, 0.05) is 29.3 Å². The first kappa shape index (κ1) is 14.0. The lowest BCUT2D eigenvalue weighted by atomic mass is 10.1. The molecule has 0 heterocycles. The van der Waals surface area contributed by atoms with Crippen molar-refractivity contribution in [3.05, 3.63) is 57.6 Å². The minimum absolute atomic E-state index is 0.218. The van der Waals surface area contributed by atoms with Crippen LogP contribution in [0.15, 0.2) is 36.4 Å². The van der Waals surface area contributed by atoms with Crippen molar-refractivity contribution in [1.82, 2.24) is 0 Å². The van der Waals surface area contributed by atoms with Crippen LogP contribution in [-0.2, 0) is 6.54 Å². The molecule has 0 aliphatic heterocycles. The number of phenolic OH excluding ortho intramolecular Hbond substituents is 1. The zero-order valence-electron chi connectivity index (χ0n) is 10.8. The Bertz CT molecular complexity index is 599. The quantitative estimate of drug-likeness (QED) is 0.891. The average molecular weight is 296 g/mol. The molecule has 4 heteroatoms. The summed E-state index contributed by atoms with van der Waals surface area (Å²) < 4.78 is 0. The van der Waals surface area contributed by atoms with Gasteiger partial charge in [-0.15, -0.1) is 0 Å². The van der Waals surface area contributed by atoms with Gasteiger partial charge in [0.2, 0.25) is 0 Å². The zero-order chi connectivity index (χ0) is 14.0. The molecule has 0 aromatic heterocycles. The van der Waals surface area contributed by atoms with E-state index in [2.05, 4.69) is 4.90 Å². The van der Waals surface area contributed by atoms with E-state index in [0.717, 1.165) is 16.8 Å². The van der Waals surface area contributed by atoms with E-state index in [-0.39, 0.29) is 5.75 Å². The Morgan fingerprint density at radius 1 is 1.11 bits per heavy atom. The van der Waals surface area contributed by atoms with Gasteiger partial charge in [-0.3, -0.25) is 0 Å². The molecule has 0 amide bonds. The fourth-order valence-electron chi connectivity index (χ4n) is 2.02. The van der Waals surface area contributed by atoms with Crippen molar-refractivity contribution >= 4 is 28.9 Å². The zero-order valence-corrected chi connectivity index (χ0v) is 12.3. The molecule has 0 spiro atoms. The predicted octanol–water partition coefficient (Wildman–Crippen LogP) is 4.64. The third-order valence-corrected chi connectivity index (χ3v) is 3.62. The first-order valence-corrected chi connectivity index (χ1v) is 6.67. The average Bonchev–Trinajstić information content (AvgIpc) is 2.36. The van der Waals surface area contributed by atoms with Crippen LogP contribution in [0.25, 0.3) is 0 Å². The van der Waals surface area contributed by atoms with E-state index in [9.17, 15) is 5.11 Å². The molecule has 100 valence electrons. The van der Waals surface area contributed by atoms with E-state index in [0.29, 0.717) is 16.6 Å². The summed E-state index contributed by atoms with van der Waals surface area (Å²) in [7, 11) is 1.97. The fourth-order valence-corrected chi connectivity index (χ4v) is 2.36. The summed E-state index contributed by atoms with van der Waals surface area (Å²) in [5.74, 6) is 0.218. The van der Waals surface area contributed by atoms with Crippen LogP contribution in [-0.4, -0.2) is 12.2 Å². The minimum atomic E-state index is 0.218. The summed E-state index contributed by atoms with van der Waals surface area (Å²) >= 11 is 12.2. The van der Waals surface area contributed by atoms with E-state index >= 15 is 0 Å². The summed E-state index contributed by atoms with van der Waals surface area (Å²) in [6, 6.07) is 10.7. The van der Waals surface area contributed by atoms with Gasteiger partial charge in [0.15, 0.2) is 0 Å². The Hall–Kier alpha value is -1.38. The normalized spacial score (nSPS) is 10.5. The molecule has 0 saturated heterocycles. The molecule has 2 rings (SSSR count). The fraction of sp³-hybridized carbons (Fsp3) is 0.200. The number of hydrogen-bond donors (Lipinski definition) is 1. The number of anilines is 1. The number of aromatic hydroxyl groups is 1. The number of aryl methyl sites for hydroxylation is 1. The molecule has 0 aliphatic carbocycles. The maximum Gasteiger partial charge on any atom is 0.116 e. The first-order chi connectivity index (χ1) is 8.97. The Balaban J connectivity index is 2.27. The lowest BCUT2D eigenvalue weighted by Crippen LogP contribution is -2.17. The summed E-state index contributed by atoms with van der Waals surface area (Å²) in [6.45, 7) is 2.64. The molecule has 2 aromatic carbocycles. The molecule has 19 heavy (non-hydrogen) atoms. The van der Waals surface area contributed by atoms with E-state index < -0.39 is 0 Å². The van der Waals surface area contributed by atoms with E-state index in [1.807, 2.05) is 32.2 Å². The standard InChI is InChI=1S/C15H15Cl2NO/c1-10-3-4-12(16)8-15(10)18(2)9-11-7-13(19)5-6-14(11)17/h3-8,19H,9H2,1-2H3. The van der Waals surface area contributed by atoms with Gasteiger partial charge < -0.3 is 10.0 Å². The highest BCUT2D eigenvalue weighted by atomic mass is 35.5. The van der Waals surface area contributed by atoms with Gasteiger partial charge in [0.05, 0.1) is 0 Å². The molecule has 0 saturated carbocycles. The molecule has 0 unspecified atom stereocenters. The van der Waals surface area contributed by atoms with Crippen LogP contribution in [0.5, 0.6) is 5.75 Å². The summed E-state index contributed by atoms with van der Waals surface area (Å²) in [5.41, 5.74) is 3.07. The van der Waals surface area contributed by atoms with Gasteiger partial charge in [-0.1, -0.05) is 29.3 Å². The van der Waals surface area contributed by atoms with Crippen molar-refractivity contribution in [3.8, 4) is 5.75 Å².